The van der Waals surface area contributed by atoms with E-state index >= 15 is 0 Å². The van der Waals surface area contributed by atoms with Crippen molar-refractivity contribution in [2.75, 3.05) is 25.6 Å². The Labute approximate surface area is 226 Å². The van der Waals surface area contributed by atoms with Crippen LogP contribution in [0.2, 0.25) is 5.02 Å². The number of nitrogens with zero attached hydrogens (tertiary/aromatic N) is 2. The van der Waals surface area contributed by atoms with Crippen molar-refractivity contribution in [1.29, 1.82) is 0 Å². The molecule has 4 aromatic rings. The van der Waals surface area contributed by atoms with E-state index in [-0.39, 0.29) is 11.6 Å². The Bertz CT molecular complexity index is 1410. The topological polar surface area (TPSA) is 53.0 Å². The van der Waals surface area contributed by atoms with Crippen molar-refractivity contribution in [3.8, 4) is 16.9 Å². The molecular formula is C30H27ClN2O3S. The summed E-state index contributed by atoms with van der Waals surface area (Å²) in [5, 5.41) is 10.3. The molecule has 1 atom stereocenters. The highest BCUT2D eigenvalue weighted by Crippen LogP contribution is 2.46. The van der Waals surface area contributed by atoms with Crippen molar-refractivity contribution in [2.24, 2.45) is 0 Å². The normalized spacial score (nSPS) is 15.6. The minimum atomic E-state index is -0.954. The molecule has 0 amide bonds. The van der Waals surface area contributed by atoms with Gasteiger partial charge >= 0.3 is 5.97 Å². The van der Waals surface area contributed by atoms with Crippen LogP contribution in [0.1, 0.15) is 15.9 Å². The smallest absolute Gasteiger partial charge is 0.335 e. The summed E-state index contributed by atoms with van der Waals surface area (Å²) in [5.74, 6) is -0.258. The standard InChI is InChI=1S/C30H27ClN2O3S/c1-32-25(15-20-11-13-23(31)14-12-20)19-33(24-9-4-3-5-10-24)27-18-28(36-2)26(17-29(27)37-32)21-7-6-8-22(16-21)30(34)35/h3-14,16-18,25H,15,19H2,1-2H3,(H,34,35). The second-order valence-electron chi connectivity index (χ2n) is 8.97. The number of ether oxygens (including phenoxy) is 1. The molecule has 1 aliphatic rings. The number of anilines is 2. The second kappa shape index (κ2) is 10.9. The fourth-order valence-electron chi connectivity index (χ4n) is 4.64. The zero-order valence-electron chi connectivity index (χ0n) is 20.6. The van der Waals surface area contributed by atoms with Crippen LogP contribution in [0.25, 0.3) is 11.1 Å². The Morgan fingerprint density at radius 3 is 2.49 bits per heavy atom. The highest BCUT2D eigenvalue weighted by molar-refractivity contribution is 7.97. The molecule has 5 rings (SSSR count). The van der Waals surface area contributed by atoms with Crippen molar-refractivity contribution < 1.29 is 14.6 Å². The van der Waals surface area contributed by atoms with Gasteiger partial charge in [0.15, 0.2) is 0 Å². The number of carboxylic acid groups (broad SMARTS) is 1. The summed E-state index contributed by atoms with van der Waals surface area (Å²) in [7, 11) is 3.77. The Morgan fingerprint density at radius 2 is 1.78 bits per heavy atom. The quantitative estimate of drug-likeness (QED) is 0.262. The van der Waals surface area contributed by atoms with Crippen LogP contribution in [0.4, 0.5) is 11.4 Å². The van der Waals surface area contributed by atoms with E-state index in [0.29, 0.717) is 5.75 Å². The molecule has 0 fully saturated rings. The van der Waals surface area contributed by atoms with E-state index in [1.165, 1.54) is 5.56 Å². The van der Waals surface area contributed by atoms with Crippen molar-refractivity contribution in [3.63, 3.8) is 0 Å². The molecular weight excluding hydrogens is 504 g/mol. The fraction of sp³-hybridized carbons (Fsp3) is 0.167. The largest absolute Gasteiger partial charge is 0.496 e. The summed E-state index contributed by atoms with van der Waals surface area (Å²) in [6.45, 7) is 0.778. The van der Waals surface area contributed by atoms with E-state index in [0.717, 1.165) is 45.4 Å². The predicted octanol–water partition coefficient (Wildman–Crippen LogP) is 7.42. The SMILES string of the molecule is COc1cc2c(cc1-c1cccc(C(=O)O)c1)SN(C)C(Cc1ccc(Cl)cc1)CN2c1ccccc1. The Kier molecular flexibility index (Phi) is 7.42. The number of halogens is 1. The number of likely N-dealkylation sites (N-methyl/N-ethyl adjacent to an activating group) is 1. The van der Waals surface area contributed by atoms with E-state index in [2.05, 4.69) is 52.7 Å². The number of fused-ring (bicyclic) bond motifs is 1. The zero-order valence-corrected chi connectivity index (χ0v) is 22.2. The first kappa shape index (κ1) is 25.2. The lowest BCUT2D eigenvalue weighted by Gasteiger charge is -2.30. The van der Waals surface area contributed by atoms with Gasteiger partial charge in [0.25, 0.3) is 0 Å². The average molecular weight is 531 g/mol. The van der Waals surface area contributed by atoms with Crippen molar-refractivity contribution in [3.05, 3.63) is 107 Å². The van der Waals surface area contributed by atoms with Gasteiger partial charge in [-0.25, -0.2) is 9.10 Å². The number of hydrogen-bond acceptors (Lipinski definition) is 5. The van der Waals surface area contributed by atoms with Gasteiger partial charge in [0.1, 0.15) is 5.75 Å². The third-order valence-electron chi connectivity index (χ3n) is 6.59. The molecule has 1 N–H and O–H groups in total. The van der Waals surface area contributed by atoms with Crippen LogP contribution in [0.15, 0.2) is 95.9 Å². The second-order valence-corrected chi connectivity index (χ2v) is 10.6. The highest BCUT2D eigenvalue weighted by atomic mass is 35.5. The molecule has 0 radical (unpaired) electrons. The first-order chi connectivity index (χ1) is 17.9. The summed E-state index contributed by atoms with van der Waals surface area (Å²) >= 11 is 7.82. The van der Waals surface area contributed by atoms with Crippen LogP contribution in [0.5, 0.6) is 5.75 Å². The van der Waals surface area contributed by atoms with Gasteiger partial charge in [0, 0.05) is 39.8 Å². The predicted molar refractivity (Wildman–Crippen MR) is 151 cm³/mol. The van der Waals surface area contributed by atoms with Gasteiger partial charge in [-0.05, 0) is 79.0 Å². The summed E-state index contributed by atoms with van der Waals surface area (Å²) in [5.41, 5.74) is 5.28. The third kappa shape index (κ3) is 5.47. The number of aromatic carboxylic acids is 1. The van der Waals surface area contributed by atoms with Crippen LogP contribution in [-0.4, -0.2) is 42.1 Å². The van der Waals surface area contributed by atoms with Gasteiger partial charge in [-0.1, -0.05) is 54.1 Å². The monoisotopic (exact) mass is 530 g/mol. The number of hydrogen-bond donors (Lipinski definition) is 1. The maximum atomic E-state index is 11.6. The van der Waals surface area contributed by atoms with Crippen LogP contribution in [-0.2, 0) is 6.42 Å². The van der Waals surface area contributed by atoms with E-state index in [1.807, 2.05) is 36.4 Å². The Morgan fingerprint density at radius 1 is 1.03 bits per heavy atom. The molecule has 37 heavy (non-hydrogen) atoms. The zero-order chi connectivity index (χ0) is 25.9. The Balaban J connectivity index is 1.60. The number of carbonyl (C=O) groups is 1. The minimum absolute atomic E-state index is 0.212. The van der Waals surface area contributed by atoms with E-state index in [1.54, 1.807) is 37.3 Å². The van der Waals surface area contributed by atoms with E-state index < -0.39 is 5.97 Å². The molecule has 7 heteroatoms. The third-order valence-corrected chi connectivity index (χ3v) is 7.96. The minimum Gasteiger partial charge on any atom is -0.496 e. The summed E-state index contributed by atoms with van der Waals surface area (Å²) in [4.78, 5) is 15.0. The maximum Gasteiger partial charge on any atom is 0.335 e. The van der Waals surface area contributed by atoms with Gasteiger partial charge in [-0.3, -0.25) is 0 Å². The molecule has 4 aromatic carbocycles. The number of carboxylic acids is 1. The molecule has 0 aliphatic carbocycles. The summed E-state index contributed by atoms with van der Waals surface area (Å²) in [6, 6.07) is 29.8. The maximum absolute atomic E-state index is 11.6. The summed E-state index contributed by atoms with van der Waals surface area (Å²) < 4.78 is 8.15. The van der Waals surface area contributed by atoms with Crippen molar-refractivity contribution in [1.82, 2.24) is 4.31 Å². The van der Waals surface area contributed by atoms with E-state index in [9.17, 15) is 9.90 Å². The summed E-state index contributed by atoms with van der Waals surface area (Å²) in [6.07, 6.45) is 0.864. The van der Waals surface area contributed by atoms with Gasteiger partial charge in [-0.15, -0.1) is 0 Å². The number of para-hydroxylation sites is 1. The average Bonchev–Trinajstić information content (AvgIpc) is 3.05. The van der Waals surface area contributed by atoms with Crippen LogP contribution in [0.3, 0.4) is 0 Å². The molecule has 1 unspecified atom stereocenters. The molecule has 0 aromatic heterocycles. The first-order valence-corrected chi connectivity index (χ1v) is 13.1. The van der Waals surface area contributed by atoms with E-state index in [4.69, 9.17) is 16.3 Å². The van der Waals surface area contributed by atoms with Crippen LogP contribution < -0.4 is 9.64 Å². The molecule has 0 saturated carbocycles. The molecule has 0 bridgehead atoms. The van der Waals surface area contributed by atoms with Crippen LogP contribution >= 0.6 is 23.5 Å². The fourth-order valence-corrected chi connectivity index (χ4v) is 5.80. The lowest BCUT2D eigenvalue weighted by atomic mass is 10.0. The van der Waals surface area contributed by atoms with Crippen molar-refractivity contribution >= 4 is 40.9 Å². The molecule has 188 valence electrons. The number of benzene rings is 4. The molecule has 5 nitrogen and oxygen atoms in total. The van der Waals surface area contributed by atoms with Gasteiger partial charge in [0.05, 0.1) is 18.4 Å². The lowest BCUT2D eigenvalue weighted by Crippen LogP contribution is -2.37. The van der Waals surface area contributed by atoms with Gasteiger partial charge in [-0.2, -0.15) is 0 Å². The Hall–Kier alpha value is -3.45. The van der Waals surface area contributed by atoms with Crippen molar-refractivity contribution in [2.45, 2.75) is 17.4 Å². The molecule has 0 spiro atoms. The molecule has 1 heterocycles. The van der Waals surface area contributed by atoms with Gasteiger partial charge in [0.2, 0.25) is 0 Å². The first-order valence-electron chi connectivity index (χ1n) is 12.0. The molecule has 0 saturated heterocycles. The lowest BCUT2D eigenvalue weighted by molar-refractivity contribution is 0.0697. The van der Waals surface area contributed by atoms with Crippen LogP contribution in [0, 0.1) is 0 Å². The molecule has 1 aliphatic heterocycles. The number of rotatable bonds is 6. The highest BCUT2D eigenvalue weighted by Gasteiger charge is 2.29. The van der Waals surface area contributed by atoms with Gasteiger partial charge < -0.3 is 14.7 Å². The number of methoxy groups -OCH3 is 1.